The Hall–Kier alpha value is -1.47. The maximum absolute atomic E-state index is 11.9. The van der Waals surface area contributed by atoms with E-state index in [-0.39, 0.29) is 11.9 Å². The highest BCUT2D eigenvalue weighted by Gasteiger charge is 2.15. The Morgan fingerprint density at radius 1 is 1.35 bits per heavy atom. The van der Waals surface area contributed by atoms with Gasteiger partial charge in [0.1, 0.15) is 18.7 Å². The number of nitrogens with zero attached hydrogens (tertiary/aromatic N) is 5. The zero-order chi connectivity index (χ0) is 14.4. The number of carbonyl (C=O) groups is 1. The van der Waals surface area contributed by atoms with E-state index in [9.17, 15) is 4.79 Å². The van der Waals surface area contributed by atoms with Gasteiger partial charge in [-0.15, -0.1) is 0 Å². The van der Waals surface area contributed by atoms with E-state index in [0.717, 1.165) is 39.1 Å². The number of hydrogen-bond acceptors (Lipinski definition) is 5. The number of likely N-dealkylation sites (N-methyl/N-ethyl adjacent to an activating group) is 1. The van der Waals surface area contributed by atoms with Crippen molar-refractivity contribution in [2.75, 3.05) is 46.3 Å². The molecule has 2 rings (SSSR count). The molecule has 0 aromatic carbocycles. The van der Waals surface area contributed by atoms with Gasteiger partial charge in [0.15, 0.2) is 0 Å². The second-order valence-corrected chi connectivity index (χ2v) is 5.34. The molecule has 20 heavy (non-hydrogen) atoms. The summed E-state index contributed by atoms with van der Waals surface area (Å²) in [4.78, 5) is 20.6. The van der Waals surface area contributed by atoms with Crippen molar-refractivity contribution in [3.05, 3.63) is 12.7 Å². The number of aromatic nitrogens is 3. The van der Waals surface area contributed by atoms with Crippen LogP contribution in [0.2, 0.25) is 0 Å². The third-order valence-corrected chi connectivity index (χ3v) is 3.76. The van der Waals surface area contributed by atoms with Crippen molar-refractivity contribution in [2.24, 2.45) is 0 Å². The fourth-order valence-electron chi connectivity index (χ4n) is 2.27. The smallest absolute Gasteiger partial charge is 0.244 e. The molecular weight excluding hydrogens is 256 g/mol. The van der Waals surface area contributed by atoms with E-state index in [1.54, 1.807) is 11.0 Å². The largest absolute Gasteiger partial charge is 0.354 e. The first-order valence-corrected chi connectivity index (χ1v) is 7.19. The maximum Gasteiger partial charge on any atom is 0.244 e. The summed E-state index contributed by atoms with van der Waals surface area (Å²) in [6, 6.07) is -0.305. The lowest BCUT2D eigenvalue weighted by Gasteiger charge is -2.32. The minimum atomic E-state index is -0.305. The van der Waals surface area contributed by atoms with Crippen LogP contribution >= 0.6 is 0 Å². The highest BCUT2D eigenvalue weighted by molar-refractivity contribution is 5.79. The molecule has 7 heteroatoms. The van der Waals surface area contributed by atoms with Gasteiger partial charge in [-0.25, -0.2) is 9.67 Å². The summed E-state index contributed by atoms with van der Waals surface area (Å²) in [5, 5.41) is 6.93. The van der Waals surface area contributed by atoms with Crippen LogP contribution < -0.4 is 5.32 Å². The van der Waals surface area contributed by atoms with Crippen LogP contribution in [0.4, 0.5) is 0 Å². The van der Waals surface area contributed by atoms with Crippen molar-refractivity contribution in [2.45, 2.75) is 19.4 Å². The standard InChI is InChI=1S/C13H24N6O/c1-12(19-11-14-10-16-19)13(20)15-4-3-5-18-8-6-17(2)7-9-18/h10-12H,3-9H2,1-2H3,(H,15,20). The molecule has 1 amide bonds. The van der Waals surface area contributed by atoms with Crippen molar-refractivity contribution < 1.29 is 4.79 Å². The van der Waals surface area contributed by atoms with Crippen LogP contribution in [0.25, 0.3) is 0 Å². The Bertz CT molecular complexity index is 399. The van der Waals surface area contributed by atoms with E-state index < -0.39 is 0 Å². The minimum Gasteiger partial charge on any atom is -0.354 e. The van der Waals surface area contributed by atoms with Gasteiger partial charge in [-0.1, -0.05) is 0 Å². The van der Waals surface area contributed by atoms with E-state index in [1.165, 1.54) is 6.33 Å². The van der Waals surface area contributed by atoms with Crippen LogP contribution in [-0.2, 0) is 4.79 Å². The Kier molecular flexibility index (Phi) is 5.49. The molecule has 0 spiro atoms. The SMILES string of the molecule is CC(C(=O)NCCCN1CCN(C)CC1)n1cncn1. The molecule has 1 aromatic heterocycles. The first-order valence-electron chi connectivity index (χ1n) is 7.19. The molecule has 7 nitrogen and oxygen atoms in total. The van der Waals surface area contributed by atoms with Gasteiger partial charge in [0, 0.05) is 32.7 Å². The quantitative estimate of drug-likeness (QED) is 0.718. The fourth-order valence-corrected chi connectivity index (χ4v) is 2.27. The zero-order valence-electron chi connectivity index (χ0n) is 12.3. The second-order valence-electron chi connectivity index (χ2n) is 5.34. The third kappa shape index (κ3) is 4.28. The first-order chi connectivity index (χ1) is 9.66. The minimum absolute atomic E-state index is 0.00567. The molecule has 0 radical (unpaired) electrons. The van der Waals surface area contributed by atoms with Crippen molar-refractivity contribution in [1.82, 2.24) is 29.9 Å². The van der Waals surface area contributed by atoms with Crippen molar-refractivity contribution in [1.29, 1.82) is 0 Å². The molecule has 1 aromatic rings. The molecule has 2 heterocycles. The maximum atomic E-state index is 11.9. The number of rotatable bonds is 6. The average molecular weight is 280 g/mol. The Balaban J connectivity index is 1.60. The van der Waals surface area contributed by atoms with Crippen molar-refractivity contribution in [3.63, 3.8) is 0 Å². The molecule has 0 aliphatic carbocycles. The number of carbonyl (C=O) groups excluding carboxylic acids is 1. The molecule has 1 aliphatic rings. The number of piperazine rings is 1. The molecule has 112 valence electrons. The summed E-state index contributed by atoms with van der Waals surface area (Å²) in [6.07, 6.45) is 3.99. The highest BCUT2D eigenvalue weighted by atomic mass is 16.2. The monoisotopic (exact) mass is 280 g/mol. The normalized spacial score (nSPS) is 18.9. The Morgan fingerprint density at radius 2 is 2.10 bits per heavy atom. The van der Waals surface area contributed by atoms with E-state index in [0.29, 0.717) is 6.54 Å². The molecule has 0 saturated carbocycles. The predicted molar refractivity (Wildman–Crippen MR) is 76.3 cm³/mol. The molecule has 1 unspecified atom stereocenters. The Morgan fingerprint density at radius 3 is 2.75 bits per heavy atom. The van der Waals surface area contributed by atoms with Crippen LogP contribution in [0.15, 0.2) is 12.7 Å². The molecular formula is C13H24N6O. The van der Waals surface area contributed by atoms with Crippen LogP contribution in [0.5, 0.6) is 0 Å². The summed E-state index contributed by atoms with van der Waals surface area (Å²) < 4.78 is 1.57. The average Bonchev–Trinajstić information content (AvgIpc) is 2.98. The van der Waals surface area contributed by atoms with Crippen LogP contribution in [0.3, 0.4) is 0 Å². The highest BCUT2D eigenvalue weighted by Crippen LogP contribution is 2.02. The van der Waals surface area contributed by atoms with Gasteiger partial charge in [-0.2, -0.15) is 5.10 Å². The summed E-state index contributed by atoms with van der Waals surface area (Å²) >= 11 is 0. The summed E-state index contributed by atoms with van der Waals surface area (Å²) in [6.45, 7) is 8.10. The van der Waals surface area contributed by atoms with Crippen molar-refractivity contribution >= 4 is 5.91 Å². The van der Waals surface area contributed by atoms with Gasteiger partial charge in [0.25, 0.3) is 0 Å². The summed E-state index contributed by atoms with van der Waals surface area (Å²) in [5.41, 5.74) is 0. The fraction of sp³-hybridized carbons (Fsp3) is 0.769. The van der Waals surface area contributed by atoms with Gasteiger partial charge in [-0.3, -0.25) is 4.79 Å². The lowest BCUT2D eigenvalue weighted by atomic mass is 10.3. The second kappa shape index (κ2) is 7.35. The van der Waals surface area contributed by atoms with Gasteiger partial charge < -0.3 is 15.1 Å². The van der Waals surface area contributed by atoms with E-state index in [1.807, 2.05) is 6.92 Å². The Labute approximate surface area is 119 Å². The van der Waals surface area contributed by atoms with E-state index in [2.05, 4.69) is 32.2 Å². The lowest BCUT2D eigenvalue weighted by molar-refractivity contribution is -0.124. The van der Waals surface area contributed by atoms with Gasteiger partial charge in [0.05, 0.1) is 0 Å². The molecule has 0 bridgehead atoms. The van der Waals surface area contributed by atoms with Crippen LogP contribution in [-0.4, -0.2) is 76.8 Å². The topological polar surface area (TPSA) is 66.3 Å². The number of amides is 1. The lowest BCUT2D eigenvalue weighted by Crippen LogP contribution is -2.45. The number of nitrogens with one attached hydrogen (secondary N) is 1. The van der Waals surface area contributed by atoms with Gasteiger partial charge in [0.2, 0.25) is 5.91 Å². The zero-order valence-corrected chi connectivity index (χ0v) is 12.3. The molecule has 1 aliphatic heterocycles. The van der Waals surface area contributed by atoms with Gasteiger partial charge in [-0.05, 0) is 26.9 Å². The van der Waals surface area contributed by atoms with Crippen LogP contribution in [0, 0.1) is 0 Å². The summed E-state index contributed by atoms with van der Waals surface area (Å²) in [7, 11) is 2.16. The van der Waals surface area contributed by atoms with Gasteiger partial charge >= 0.3 is 0 Å². The molecule has 1 N–H and O–H groups in total. The number of hydrogen-bond donors (Lipinski definition) is 1. The van der Waals surface area contributed by atoms with E-state index in [4.69, 9.17) is 0 Å². The van der Waals surface area contributed by atoms with E-state index >= 15 is 0 Å². The van der Waals surface area contributed by atoms with Crippen LogP contribution in [0.1, 0.15) is 19.4 Å². The first kappa shape index (κ1) is 14.9. The third-order valence-electron chi connectivity index (χ3n) is 3.76. The molecule has 1 saturated heterocycles. The molecule has 1 fully saturated rings. The summed E-state index contributed by atoms with van der Waals surface area (Å²) in [5.74, 6) is -0.00567. The molecule has 1 atom stereocenters. The van der Waals surface area contributed by atoms with Crippen molar-refractivity contribution in [3.8, 4) is 0 Å². The predicted octanol–water partition coefficient (Wildman–Crippen LogP) is -0.407.